The lowest BCUT2D eigenvalue weighted by molar-refractivity contribution is 0.517. The zero-order valence-electron chi connectivity index (χ0n) is 24.8. The molecule has 1 aliphatic rings. The number of para-hydroxylation sites is 1. The third kappa shape index (κ3) is 4.24. The van der Waals surface area contributed by atoms with E-state index in [4.69, 9.17) is 4.42 Å². The van der Waals surface area contributed by atoms with Gasteiger partial charge in [-0.2, -0.15) is 0 Å². The average Bonchev–Trinajstić information content (AvgIpc) is 3.50. The molecule has 0 N–H and O–H groups in total. The molecule has 0 spiro atoms. The molecule has 45 heavy (non-hydrogen) atoms. The van der Waals surface area contributed by atoms with Crippen molar-refractivity contribution in [2.24, 2.45) is 0 Å². The van der Waals surface area contributed by atoms with Gasteiger partial charge < -0.3 is 4.42 Å². The van der Waals surface area contributed by atoms with Crippen molar-refractivity contribution in [1.29, 1.82) is 0 Å². The predicted octanol–water partition coefficient (Wildman–Crippen LogP) is 12.3. The SMILES string of the molecule is C1=Cc2c(oc3ccccc23)C(c2ccc(-c3ccc4c(-c5ccccc5)c5ccccc5c(-c5ccccc5)c4c3)cc2)C1. The summed E-state index contributed by atoms with van der Waals surface area (Å²) >= 11 is 0. The van der Waals surface area contributed by atoms with Crippen LogP contribution >= 0.6 is 0 Å². The van der Waals surface area contributed by atoms with Gasteiger partial charge in [-0.3, -0.25) is 0 Å². The van der Waals surface area contributed by atoms with Crippen LogP contribution in [0.3, 0.4) is 0 Å². The van der Waals surface area contributed by atoms with E-state index in [9.17, 15) is 0 Å². The van der Waals surface area contributed by atoms with Crippen LogP contribution in [0.25, 0.3) is 72.0 Å². The number of allylic oxidation sites excluding steroid dienone is 1. The molecular weight excluding hydrogens is 544 g/mol. The molecule has 7 aromatic carbocycles. The van der Waals surface area contributed by atoms with E-state index >= 15 is 0 Å². The molecule has 1 unspecified atom stereocenters. The second-order valence-electron chi connectivity index (χ2n) is 12.0. The highest BCUT2D eigenvalue weighted by Crippen LogP contribution is 2.45. The Labute approximate surface area is 262 Å². The highest BCUT2D eigenvalue weighted by atomic mass is 16.3. The van der Waals surface area contributed by atoms with E-state index < -0.39 is 0 Å². The third-order valence-corrected chi connectivity index (χ3v) is 9.43. The van der Waals surface area contributed by atoms with Crippen LogP contribution in [0.1, 0.15) is 29.2 Å². The molecule has 0 fully saturated rings. The first-order chi connectivity index (χ1) is 22.3. The molecule has 8 aromatic rings. The maximum Gasteiger partial charge on any atom is 0.134 e. The normalized spacial score (nSPS) is 14.3. The molecule has 0 aliphatic heterocycles. The largest absolute Gasteiger partial charge is 0.460 e. The lowest BCUT2D eigenvalue weighted by Gasteiger charge is -2.19. The van der Waals surface area contributed by atoms with Crippen LogP contribution in [0, 0.1) is 0 Å². The first-order valence-electron chi connectivity index (χ1n) is 15.7. The van der Waals surface area contributed by atoms with E-state index in [-0.39, 0.29) is 5.92 Å². The van der Waals surface area contributed by atoms with Gasteiger partial charge in [-0.05, 0) is 79.0 Å². The van der Waals surface area contributed by atoms with Crippen LogP contribution in [0.5, 0.6) is 0 Å². The van der Waals surface area contributed by atoms with E-state index in [1.807, 2.05) is 6.07 Å². The van der Waals surface area contributed by atoms with Gasteiger partial charge in [0.15, 0.2) is 0 Å². The molecule has 0 bridgehead atoms. The molecule has 9 rings (SSSR count). The Morgan fingerprint density at radius 3 is 1.69 bits per heavy atom. The Morgan fingerprint density at radius 1 is 0.444 bits per heavy atom. The number of benzene rings is 7. The van der Waals surface area contributed by atoms with E-state index in [1.54, 1.807) is 0 Å². The van der Waals surface area contributed by atoms with Crippen LogP contribution in [-0.4, -0.2) is 0 Å². The van der Waals surface area contributed by atoms with Crippen molar-refractivity contribution in [2.45, 2.75) is 12.3 Å². The second-order valence-corrected chi connectivity index (χ2v) is 12.0. The maximum absolute atomic E-state index is 6.41. The first kappa shape index (κ1) is 25.8. The Bertz CT molecular complexity index is 2380. The summed E-state index contributed by atoms with van der Waals surface area (Å²) in [6.07, 6.45) is 5.45. The summed E-state index contributed by atoms with van der Waals surface area (Å²) in [7, 11) is 0. The molecule has 1 heterocycles. The summed E-state index contributed by atoms with van der Waals surface area (Å²) in [6, 6.07) is 55.0. The predicted molar refractivity (Wildman–Crippen MR) is 189 cm³/mol. The summed E-state index contributed by atoms with van der Waals surface area (Å²) < 4.78 is 6.41. The molecule has 212 valence electrons. The number of fused-ring (bicyclic) bond motifs is 5. The molecule has 0 amide bonds. The zero-order chi connectivity index (χ0) is 29.7. The molecular formula is C44H30O. The minimum Gasteiger partial charge on any atom is -0.460 e. The second kappa shape index (κ2) is 10.5. The lowest BCUT2D eigenvalue weighted by atomic mass is 9.84. The molecule has 1 aromatic heterocycles. The van der Waals surface area contributed by atoms with Crippen molar-refractivity contribution >= 4 is 38.6 Å². The van der Waals surface area contributed by atoms with Crippen molar-refractivity contribution in [3.63, 3.8) is 0 Å². The number of hydrogen-bond acceptors (Lipinski definition) is 1. The summed E-state index contributed by atoms with van der Waals surface area (Å²) in [6.45, 7) is 0. The number of rotatable bonds is 4. The molecule has 1 aliphatic carbocycles. The van der Waals surface area contributed by atoms with Gasteiger partial charge in [0, 0.05) is 16.9 Å². The van der Waals surface area contributed by atoms with E-state index in [2.05, 4.69) is 158 Å². The third-order valence-electron chi connectivity index (χ3n) is 9.43. The fourth-order valence-corrected chi connectivity index (χ4v) is 7.33. The molecule has 1 heteroatoms. The van der Waals surface area contributed by atoms with Crippen LogP contribution in [-0.2, 0) is 0 Å². The van der Waals surface area contributed by atoms with E-state index in [0.717, 1.165) is 17.8 Å². The average molecular weight is 575 g/mol. The topological polar surface area (TPSA) is 13.1 Å². The van der Waals surface area contributed by atoms with Gasteiger partial charge in [0.1, 0.15) is 11.3 Å². The van der Waals surface area contributed by atoms with Gasteiger partial charge in [-0.15, -0.1) is 0 Å². The van der Waals surface area contributed by atoms with Crippen molar-refractivity contribution in [2.75, 3.05) is 0 Å². The molecule has 0 radical (unpaired) electrons. The minimum absolute atomic E-state index is 0.215. The van der Waals surface area contributed by atoms with Crippen molar-refractivity contribution in [3.05, 3.63) is 175 Å². The lowest BCUT2D eigenvalue weighted by Crippen LogP contribution is -2.03. The van der Waals surface area contributed by atoms with Crippen LogP contribution < -0.4 is 0 Å². The number of hydrogen-bond donors (Lipinski definition) is 0. The summed E-state index contributed by atoms with van der Waals surface area (Å²) in [4.78, 5) is 0. The van der Waals surface area contributed by atoms with Gasteiger partial charge in [-0.1, -0.05) is 152 Å². The molecule has 0 saturated carbocycles. The van der Waals surface area contributed by atoms with Crippen molar-refractivity contribution < 1.29 is 4.42 Å². The zero-order valence-corrected chi connectivity index (χ0v) is 24.8. The highest BCUT2D eigenvalue weighted by molar-refractivity contribution is 6.21. The Hall–Kier alpha value is -5.66. The van der Waals surface area contributed by atoms with Gasteiger partial charge in [0.2, 0.25) is 0 Å². The molecule has 0 saturated heterocycles. The van der Waals surface area contributed by atoms with E-state index in [0.29, 0.717) is 0 Å². The first-order valence-corrected chi connectivity index (χ1v) is 15.7. The monoisotopic (exact) mass is 574 g/mol. The summed E-state index contributed by atoms with van der Waals surface area (Å²) in [5, 5.41) is 6.28. The van der Waals surface area contributed by atoms with Crippen LogP contribution in [0.4, 0.5) is 0 Å². The Morgan fingerprint density at radius 2 is 1.00 bits per heavy atom. The van der Waals surface area contributed by atoms with E-state index in [1.165, 1.54) is 71.4 Å². The van der Waals surface area contributed by atoms with Gasteiger partial charge in [0.05, 0.1) is 0 Å². The van der Waals surface area contributed by atoms with Crippen molar-refractivity contribution in [1.82, 2.24) is 0 Å². The van der Waals surface area contributed by atoms with Gasteiger partial charge >= 0.3 is 0 Å². The smallest absolute Gasteiger partial charge is 0.134 e. The Balaban J connectivity index is 1.20. The summed E-state index contributed by atoms with van der Waals surface area (Å²) in [5.74, 6) is 1.29. The van der Waals surface area contributed by atoms with Crippen LogP contribution in [0.15, 0.2) is 162 Å². The fraction of sp³-hybridized carbons (Fsp3) is 0.0455. The fourth-order valence-electron chi connectivity index (χ4n) is 7.33. The van der Waals surface area contributed by atoms with Gasteiger partial charge in [0.25, 0.3) is 0 Å². The maximum atomic E-state index is 6.41. The van der Waals surface area contributed by atoms with Crippen molar-refractivity contribution in [3.8, 4) is 33.4 Å². The molecule has 1 atom stereocenters. The number of furan rings is 1. The minimum atomic E-state index is 0.215. The summed E-state index contributed by atoms with van der Waals surface area (Å²) in [5.41, 5.74) is 10.9. The standard InChI is InChI=1S/C44H30O/c1-3-12-31(13-4-1)42-36-17-7-8-18-37(36)43(32-14-5-2-6-15-32)40-28-33(26-27-38(40)42)29-22-24-30(25-23-29)34-19-11-20-39-35-16-9-10-21-41(35)45-44(34)39/h1-18,20-28,34H,19H2. The van der Waals surface area contributed by atoms with Gasteiger partial charge in [-0.25, -0.2) is 0 Å². The molecule has 1 nitrogen and oxygen atoms in total. The van der Waals surface area contributed by atoms with Crippen LogP contribution in [0.2, 0.25) is 0 Å². The quantitative estimate of drug-likeness (QED) is 0.191. The highest BCUT2D eigenvalue weighted by Gasteiger charge is 2.25. The Kier molecular flexibility index (Phi) is 6.02.